The average Bonchev–Trinajstić information content (AvgIpc) is 2.38. The van der Waals surface area contributed by atoms with Gasteiger partial charge in [0.1, 0.15) is 6.61 Å². The smallest absolute Gasteiger partial charge is 0.158 e. The molecule has 2 heteroatoms. The molecular formula is C17H28O2. The summed E-state index contributed by atoms with van der Waals surface area (Å²) >= 11 is 0. The number of hydrogen-bond acceptors (Lipinski definition) is 2. The summed E-state index contributed by atoms with van der Waals surface area (Å²) in [6.45, 7) is 7.41. The van der Waals surface area contributed by atoms with Crippen LogP contribution in [0.1, 0.15) is 59.3 Å². The van der Waals surface area contributed by atoms with Gasteiger partial charge in [0.25, 0.3) is 0 Å². The predicted molar refractivity (Wildman–Crippen MR) is 80.2 cm³/mol. The molecule has 108 valence electrons. The molecule has 0 bridgehead atoms. The Morgan fingerprint density at radius 3 is 2.53 bits per heavy atom. The number of hydrogen-bond donors (Lipinski definition) is 0. The maximum Gasteiger partial charge on any atom is 0.158 e. The first-order chi connectivity index (χ1) is 9.15. The third-order valence-electron chi connectivity index (χ3n) is 3.84. The first kappa shape index (κ1) is 16.2. The highest BCUT2D eigenvalue weighted by molar-refractivity contribution is 5.79. The number of Topliss-reactive ketones (excluding diaryl/α,β-unsaturated/α-hetero) is 1. The first-order valence-corrected chi connectivity index (χ1v) is 7.58. The second kappa shape index (κ2) is 9.08. The van der Waals surface area contributed by atoms with Crippen LogP contribution in [-0.2, 0) is 9.53 Å². The van der Waals surface area contributed by atoms with Crippen molar-refractivity contribution in [3.8, 4) is 0 Å². The number of allylic oxidation sites excluding steroid dienone is 2. The van der Waals surface area contributed by atoms with Gasteiger partial charge in [-0.2, -0.15) is 0 Å². The number of carbonyl (C=O) groups excluding carboxylic acids is 1. The molecule has 0 aromatic carbocycles. The molecule has 0 unspecified atom stereocenters. The van der Waals surface area contributed by atoms with Gasteiger partial charge in [0.05, 0.1) is 6.61 Å². The molecule has 19 heavy (non-hydrogen) atoms. The van der Waals surface area contributed by atoms with E-state index in [1.807, 2.05) is 0 Å². The van der Waals surface area contributed by atoms with Crippen LogP contribution in [0.15, 0.2) is 23.3 Å². The van der Waals surface area contributed by atoms with Gasteiger partial charge in [-0.05, 0) is 26.7 Å². The van der Waals surface area contributed by atoms with Crippen molar-refractivity contribution >= 4 is 5.78 Å². The Bertz CT molecular complexity index is 321. The minimum atomic E-state index is 0.246. The molecule has 0 saturated carbocycles. The molecule has 0 aliphatic heterocycles. The van der Waals surface area contributed by atoms with Crippen LogP contribution in [0.25, 0.3) is 0 Å². The molecule has 0 N–H and O–H groups in total. The van der Waals surface area contributed by atoms with Crippen LogP contribution in [0.4, 0.5) is 0 Å². The van der Waals surface area contributed by atoms with Crippen molar-refractivity contribution in [3.63, 3.8) is 0 Å². The fourth-order valence-electron chi connectivity index (χ4n) is 2.45. The highest BCUT2D eigenvalue weighted by atomic mass is 16.5. The quantitative estimate of drug-likeness (QED) is 0.454. The van der Waals surface area contributed by atoms with E-state index in [-0.39, 0.29) is 12.4 Å². The Hall–Kier alpha value is -0.890. The number of unbranched alkanes of at least 4 members (excludes halogenated alkanes) is 3. The Balaban J connectivity index is 2.15. The van der Waals surface area contributed by atoms with Crippen molar-refractivity contribution in [3.05, 3.63) is 23.3 Å². The lowest BCUT2D eigenvalue weighted by molar-refractivity contribution is -0.123. The zero-order valence-corrected chi connectivity index (χ0v) is 12.7. The molecule has 0 aromatic rings. The fourth-order valence-corrected chi connectivity index (χ4v) is 2.45. The lowest BCUT2D eigenvalue weighted by Gasteiger charge is -2.22. The lowest BCUT2D eigenvalue weighted by Crippen LogP contribution is -2.18. The van der Waals surface area contributed by atoms with Crippen LogP contribution in [0.2, 0.25) is 0 Å². The summed E-state index contributed by atoms with van der Waals surface area (Å²) < 4.78 is 5.60. The molecule has 0 aromatic heterocycles. The van der Waals surface area contributed by atoms with Gasteiger partial charge in [-0.15, -0.1) is 0 Å². The van der Waals surface area contributed by atoms with Crippen LogP contribution in [0.3, 0.4) is 0 Å². The zero-order valence-electron chi connectivity index (χ0n) is 12.7. The second-order valence-corrected chi connectivity index (χ2v) is 5.55. The number of ketones is 1. The Kier molecular flexibility index (Phi) is 7.73. The highest BCUT2D eigenvalue weighted by Crippen LogP contribution is 2.25. The molecule has 1 aliphatic carbocycles. The second-order valence-electron chi connectivity index (χ2n) is 5.55. The summed E-state index contributed by atoms with van der Waals surface area (Å²) in [6.07, 6.45) is 10.8. The summed E-state index contributed by atoms with van der Waals surface area (Å²) in [4.78, 5) is 11.7. The van der Waals surface area contributed by atoms with E-state index < -0.39 is 0 Å². The van der Waals surface area contributed by atoms with Gasteiger partial charge in [0.2, 0.25) is 0 Å². The number of ether oxygens (including phenoxy) is 1. The number of carbonyl (C=O) groups is 1. The van der Waals surface area contributed by atoms with Crippen molar-refractivity contribution in [1.82, 2.24) is 0 Å². The minimum Gasteiger partial charge on any atom is -0.373 e. The van der Waals surface area contributed by atoms with Gasteiger partial charge in [-0.25, -0.2) is 0 Å². The fraction of sp³-hybridized carbons (Fsp3) is 0.706. The molecular weight excluding hydrogens is 236 g/mol. The van der Waals surface area contributed by atoms with E-state index in [1.54, 1.807) is 0 Å². The van der Waals surface area contributed by atoms with Gasteiger partial charge in [0.15, 0.2) is 5.78 Å². The summed E-state index contributed by atoms with van der Waals surface area (Å²) in [6, 6.07) is 0. The normalized spacial score (nSPS) is 16.2. The van der Waals surface area contributed by atoms with E-state index in [9.17, 15) is 4.79 Å². The maximum atomic E-state index is 11.7. The van der Waals surface area contributed by atoms with Crippen LogP contribution in [0, 0.1) is 5.92 Å². The van der Waals surface area contributed by atoms with Crippen LogP contribution in [0.5, 0.6) is 0 Å². The van der Waals surface area contributed by atoms with E-state index in [0.29, 0.717) is 18.9 Å². The average molecular weight is 264 g/mol. The SMILES string of the molecule is CCCCCCC(=O)COCC1C(C)=CCC=C1C. The summed E-state index contributed by atoms with van der Waals surface area (Å²) in [7, 11) is 0. The molecule has 0 amide bonds. The Morgan fingerprint density at radius 1 is 1.21 bits per heavy atom. The number of rotatable bonds is 9. The highest BCUT2D eigenvalue weighted by Gasteiger charge is 2.16. The first-order valence-electron chi connectivity index (χ1n) is 7.58. The summed E-state index contributed by atoms with van der Waals surface area (Å²) in [5, 5.41) is 0. The van der Waals surface area contributed by atoms with Crippen molar-refractivity contribution in [1.29, 1.82) is 0 Å². The molecule has 0 heterocycles. The molecule has 0 fully saturated rings. The molecule has 0 spiro atoms. The van der Waals surface area contributed by atoms with E-state index in [2.05, 4.69) is 32.9 Å². The third-order valence-corrected chi connectivity index (χ3v) is 3.84. The minimum absolute atomic E-state index is 0.246. The molecule has 2 nitrogen and oxygen atoms in total. The topological polar surface area (TPSA) is 26.3 Å². The molecule has 0 atom stereocenters. The third kappa shape index (κ3) is 6.20. The molecule has 0 radical (unpaired) electrons. The van der Waals surface area contributed by atoms with Crippen LogP contribution < -0.4 is 0 Å². The predicted octanol–water partition coefficient (Wildman–Crippen LogP) is 4.46. The van der Waals surface area contributed by atoms with Crippen molar-refractivity contribution in [2.45, 2.75) is 59.3 Å². The molecule has 0 saturated heterocycles. The molecule has 1 aliphatic rings. The van der Waals surface area contributed by atoms with Gasteiger partial charge < -0.3 is 4.74 Å². The maximum absolute atomic E-state index is 11.7. The van der Waals surface area contributed by atoms with Crippen molar-refractivity contribution in [2.24, 2.45) is 5.92 Å². The molecule has 1 rings (SSSR count). The van der Waals surface area contributed by atoms with E-state index >= 15 is 0 Å². The summed E-state index contributed by atoms with van der Waals surface area (Å²) in [5.74, 6) is 0.622. The van der Waals surface area contributed by atoms with E-state index in [4.69, 9.17) is 4.74 Å². The zero-order chi connectivity index (χ0) is 14.1. The Labute approximate surface area is 117 Å². The largest absolute Gasteiger partial charge is 0.373 e. The van der Waals surface area contributed by atoms with E-state index in [1.165, 1.54) is 24.0 Å². The van der Waals surface area contributed by atoms with Gasteiger partial charge >= 0.3 is 0 Å². The van der Waals surface area contributed by atoms with Crippen molar-refractivity contribution < 1.29 is 9.53 Å². The standard InChI is InChI=1S/C17H28O2/c1-4-5-6-7-11-16(18)12-19-13-17-14(2)9-8-10-15(17)3/h9-10,17H,4-8,11-13H2,1-3H3. The monoisotopic (exact) mass is 264 g/mol. The van der Waals surface area contributed by atoms with E-state index in [0.717, 1.165) is 19.3 Å². The van der Waals surface area contributed by atoms with Gasteiger partial charge in [-0.1, -0.05) is 49.5 Å². The van der Waals surface area contributed by atoms with Gasteiger partial charge in [0, 0.05) is 12.3 Å². The van der Waals surface area contributed by atoms with Crippen LogP contribution in [-0.4, -0.2) is 19.0 Å². The lowest BCUT2D eigenvalue weighted by atomic mass is 9.88. The van der Waals surface area contributed by atoms with Crippen molar-refractivity contribution in [2.75, 3.05) is 13.2 Å². The Morgan fingerprint density at radius 2 is 1.89 bits per heavy atom. The summed E-state index contributed by atoms with van der Waals surface area (Å²) in [5.41, 5.74) is 2.74. The van der Waals surface area contributed by atoms with Crippen LogP contribution >= 0.6 is 0 Å². The van der Waals surface area contributed by atoms with Gasteiger partial charge in [-0.3, -0.25) is 4.79 Å².